The summed E-state index contributed by atoms with van der Waals surface area (Å²) in [6, 6.07) is 0. The van der Waals surface area contributed by atoms with Crippen LogP contribution in [0, 0.1) is 0 Å². The molecule has 1 saturated heterocycles. The standard InChI is InChI=1S/C7H15NO4S2/c1-2-8-14(11,12)7-3-5-13(9,10)6-4-7/h7-8H,2-6H2,1H3. The monoisotopic (exact) mass is 241 g/mol. The van der Waals surface area contributed by atoms with Crippen molar-refractivity contribution in [1.29, 1.82) is 0 Å². The van der Waals surface area contributed by atoms with Crippen LogP contribution in [0.3, 0.4) is 0 Å². The third kappa shape index (κ3) is 2.93. The second kappa shape index (κ2) is 4.16. The van der Waals surface area contributed by atoms with Gasteiger partial charge in [-0.3, -0.25) is 0 Å². The van der Waals surface area contributed by atoms with Gasteiger partial charge in [0.2, 0.25) is 10.0 Å². The Morgan fingerprint density at radius 1 is 1.29 bits per heavy atom. The molecule has 0 bridgehead atoms. The predicted molar refractivity (Wildman–Crippen MR) is 54.3 cm³/mol. The average molecular weight is 241 g/mol. The molecule has 1 aliphatic rings. The Balaban J connectivity index is 2.67. The lowest BCUT2D eigenvalue weighted by atomic mass is 10.2. The van der Waals surface area contributed by atoms with Crippen LogP contribution in [0.15, 0.2) is 0 Å². The van der Waals surface area contributed by atoms with Gasteiger partial charge in [-0.2, -0.15) is 0 Å². The van der Waals surface area contributed by atoms with E-state index < -0.39 is 25.1 Å². The normalized spacial score (nSPS) is 23.5. The summed E-state index contributed by atoms with van der Waals surface area (Å²) in [5, 5.41) is -0.536. The summed E-state index contributed by atoms with van der Waals surface area (Å²) >= 11 is 0. The Labute approximate surface area is 84.9 Å². The second-order valence-electron chi connectivity index (χ2n) is 3.39. The van der Waals surface area contributed by atoms with Gasteiger partial charge in [0.1, 0.15) is 9.84 Å². The maximum Gasteiger partial charge on any atom is 0.214 e. The topological polar surface area (TPSA) is 80.3 Å². The van der Waals surface area contributed by atoms with Gasteiger partial charge in [-0.15, -0.1) is 0 Å². The first-order valence-corrected chi connectivity index (χ1v) is 7.93. The van der Waals surface area contributed by atoms with E-state index in [2.05, 4.69) is 4.72 Å². The summed E-state index contributed by atoms with van der Waals surface area (Å²) in [7, 11) is -6.28. The van der Waals surface area contributed by atoms with E-state index in [1.165, 1.54) is 0 Å². The minimum atomic E-state index is -3.30. The highest BCUT2D eigenvalue weighted by Crippen LogP contribution is 2.18. The van der Waals surface area contributed by atoms with Crippen LogP contribution in [0.25, 0.3) is 0 Å². The van der Waals surface area contributed by atoms with Crippen LogP contribution in [-0.2, 0) is 19.9 Å². The summed E-state index contributed by atoms with van der Waals surface area (Å²) in [6.07, 6.45) is 0.440. The minimum absolute atomic E-state index is 0.0116. The third-order valence-corrected chi connectivity index (χ3v) is 6.04. The molecule has 1 N–H and O–H groups in total. The number of nitrogens with one attached hydrogen (secondary N) is 1. The molecule has 0 spiro atoms. The molecular formula is C7H15NO4S2. The minimum Gasteiger partial charge on any atom is -0.229 e. The van der Waals surface area contributed by atoms with E-state index in [9.17, 15) is 16.8 Å². The molecule has 0 aromatic rings. The van der Waals surface area contributed by atoms with E-state index in [-0.39, 0.29) is 24.3 Å². The Kier molecular flexibility index (Phi) is 3.54. The molecule has 1 rings (SSSR count). The number of sulfonamides is 1. The van der Waals surface area contributed by atoms with E-state index in [4.69, 9.17) is 0 Å². The van der Waals surface area contributed by atoms with Crippen molar-refractivity contribution in [3.8, 4) is 0 Å². The van der Waals surface area contributed by atoms with Gasteiger partial charge < -0.3 is 0 Å². The van der Waals surface area contributed by atoms with E-state index >= 15 is 0 Å². The number of hydrogen-bond donors (Lipinski definition) is 1. The van der Waals surface area contributed by atoms with Gasteiger partial charge in [-0.25, -0.2) is 21.6 Å². The zero-order valence-electron chi connectivity index (χ0n) is 8.06. The molecule has 0 amide bonds. The van der Waals surface area contributed by atoms with Crippen molar-refractivity contribution in [2.24, 2.45) is 0 Å². The van der Waals surface area contributed by atoms with Crippen LogP contribution < -0.4 is 4.72 Å². The maximum atomic E-state index is 11.5. The molecule has 14 heavy (non-hydrogen) atoms. The zero-order valence-corrected chi connectivity index (χ0v) is 9.70. The largest absolute Gasteiger partial charge is 0.229 e. The fraction of sp³-hybridized carbons (Fsp3) is 1.00. The van der Waals surface area contributed by atoms with E-state index in [1.54, 1.807) is 6.92 Å². The highest BCUT2D eigenvalue weighted by atomic mass is 32.2. The first-order valence-electron chi connectivity index (χ1n) is 4.56. The first-order chi connectivity index (χ1) is 6.37. The zero-order chi connectivity index (χ0) is 10.8. The summed E-state index contributed by atoms with van der Waals surface area (Å²) in [4.78, 5) is 0. The van der Waals surface area contributed by atoms with E-state index in [0.717, 1.165) is 0 Å². The molecule has 1 aliphatic heterocycles. The summed E-state index contributed by atoms with van der Waals surface area (Å²) in [5.41, 5.74) is 0. The van der Waals surface area contributed by atoms with Crippen molar-refractivity contribution >= 4 is 19.9 Å². The molecule has 0 atom stereocenters. The van der Waals surface area contributed by atoms with Crippen LogP contribution in [0.2, 0.25) is 0 Å². The fourth-order valence-corrected chi connectivity index (χ4v) is 4.78. The van der Waals surface area contributed by atoms with Crippen molar-refractivity contribution in [2.45, 2.75) is 25.0 Å². The van der Waals surface area contributed by atoms with Gasteiger partial charge in [-0.1, -0.05) is 6.92 Å². The summed E-state index contributed by atoms with van der Waals surface area (Å²) in [5.74, 6) is -0.0232. The Morgan fingerprint density at radius 2 is 1.79 bits per heavy atom. The van der Waals surface area contributed by atoms with Crippen LogP contribution in [0.4, 0.5) is 0 Å². The summed E-state index contributed by atoms with van der Waals surface area (Å²) < 4.78 is 47.5. The lowest BCUT2D eigenvalue weighted by Gasteiger charge is -2.21. The SMILES string of the molecule is CCNS(=O)(=O)C1CCS(=O)(=O)CC1. The Morgan fingerprint density at radius 3 is 2.21 bits per heavy atom. The molecule has 1 heterocycles. The highest BCUT2D eigenvalue weighted by Gasteiger charge is 2.31. The van der Waals surface area contributed by atoms with Crippen LogP contribution in [0.5, 0.6) is 0 Å². The molecule has 0 saturated carbocycles. The van der Waals surface area contributed by atoms with Gasteiger partial charge >= 0.3 is 0 Å². The Bertz CT molecular complexity index is 370. The van der Waals surface area contributed by atoms with Crippen molar-refractivity contribution < 1.29 is 16.8 Å². The number of hydrogen-bond acceptors (Lipinski definition) is 4. The number of sulfone groups is 1. The van der Waals surface area contributed by atoms with E-state index in [1.807, 2.05) is 0 Å². The van der Waals surface area contributed by atoms with Crippen molar-refractivity contribution in [3.63, 3.8) is 0 Å². The van der Waals surface area contributed by atoms with Gasteiger partial charge in [0.05, 0.1) is 16.8 Å². The molecule has 1 fully saturated rings. The molecule has 5 nitrogen and oxygen atoms in total. The molecular weight excluding hydrogens is 226 g/mol. The van der Waals surface area contributed by atoms with Gasteiger partial charge in [0.15, 0.2) is 0 Å². The van der Waals surface area contributed by atoms with Crippen molar-refractivity contribution in [3.05, 3.63) is 0 Å². The molecule has 7 heteroatoms. The molecule has 0 radical (unpaired) electrons. The average Bonchev–Trinajstić information content (AvgIpc) is 2.03. The smallest absolute Gasteiger partial charge is 0.214 e. The van der Waals surface area contributed by atoms with Gasteiger partial charge in [0.25, 0.3) is 0 Å². The first kappa shape index (κ1) is 11.9. The molecule has 0 aliphatic carbocycles. The van der Waals surface area contributed by atoms with Crippen molar-refractivity contribution in [2.75, 3.05) is 18.1 Å². The van der Waals surface area contributed by atoms with Crippen molar-refractivity contribution in [1.82, 2.24) is 4.72 Å². The summed E-state index contributed by atoms with van der Waals surface area (Å²) in [6.45, 7) is 2.06. The molecule has 0 aromatic heterocycles. The van der Waals surface area contributed by atoms with Gasteiger partial charge in [-0.05, 0) is 12.8 Å². The van der Waals surface area contributed by atoms with Crippen LogP contribution >= 0.6 is 0 Å². The lowest BCUT2D eigenvalue weighted by molar-refractivity contribution is 0.544. The quantitative estimate of drug-likeness (QED) is 0.722. The molecule has 84 valence electrons. The van der Waals surface area contributed by atoms with Crippen LogP contribution in [-0.4, -0.2) is 40.1 Å². The van der Waals surface area contributed by atoms with E-state index in [0.29, 0.717) is 6.54 Å². The maximum absolute atomic E-state index is 11.5. The molecule has 0 aromatic carbocycles. The highest BCUT2D eigenvalue weighted by molar-refractivity contribution is 7.92. The fourth-order valence-electron chi connectivity index (χ4n) is 1.50. The number of rotatable bonds is 3. The third-order valence-electron chi connectivity index (χ3n) is 2.29. The molecule has 0 unspecified atom stereocenters. The second-order valence-corrected chi connectivity index (χ2v) is 7.74. The Hall–Kier alpha value is -0.140. The predicted octanol–water partition coefficient (Wildman–Crippen LogP) is -0.497. The van der Waals surface area contributed by atoms with Crippen LogP contribution in [0.1, 0.15) is 19.8 Å². The lowest BCUT2D eigenvalue weighted by Crippen LogP contribution is -2.39. The van der Waals surface area contributed by atoms with Gasteiger partial charge in [0, 0.05) is 6.54 Å².